The molecule has 1 aliphatic heterocycles. The number of anilines is 1. The minimum Gasteiger partial charge on any atom is -0.448 e. The van der Waals surface area contributed by atoms with Crippen molar-refractivity contribution in [3.05, 3.63) is 42.5 Å². The van der Waals surface area contributed by atoms with E-state index in [1.165, 1.54) is 0 Å². The highest BCUT2D eigenvalue weighted by Crippen LogP contribution is 2.23. The third kappa shape index (κ3) is 2.91. The van der Waals surface area contributed by atoms with Gasteiger partial charge in [-0.1, -0.05) is 36.4 Å². The number of hydrogen-bond donors (Lipinski definition) is 2. The molecule has 2 N–H and O–H groups in total. The molecule has 1 amide bonds. The van der Waals surface area contributed by atoms with Crippen LogP contribution in [0.25, 0.3) is 10.8 Å². The molecule has 1 atom stereocenters. The molecule has 104 valence electrons. The van der Waals surface area contributed by atoms with Crippen LogP contribution in [0.5, 0.6) is 0 Å². The van der Waals surface area contributed by atoms with E-state index < -0.39 is 6.09 Å². The predicted octanol–water partition coefficient (Wildman–Crippen LogP) is 3.14. The second kappa shape index (κ2) is 5.92. The number of nitrogens with one attached hydrogen (secondary N) is 2. The molecule has 1 heterocycles. The summed E-state index contributed by atoms with van der Waals surface area (Å²) in [5.41, 5.74) is 0.785. The van der Waals surface area contributed by atoms with Crippen molar-refractivity contribution in [2.24, 2.45) is 0 Å². The van der Waals surface area contributed by atoms with Crippen molar-refractivity contribution in [3.8, 4) is 0 Å². The van der Waals surface area contributed by atoms with Crippen molar-refractivity contribution < 1.29 is 9.53 Å². The number of carbonyl (C=O) groups excluding carboxylic acids is 1. The summed E-state index contributed by atoms with van der Waals surface area (Å²) < 4.78 is 5.27. The van der Waals surface area contributed by atoms with Crippen LogP contribution in [-0.4, -0.2) is 25.3 Å². The zero-order chi connectivity index (χ0) is 13.8. The van der Waals surface area contributed by atoms with Crippen LogP contribution in [0.4, 0.5) is 10.5 Å². The number of amides is 1. The van der Waals surface area contributed by atoms with E-state index in [1.54, 1.807) is 0 Å². The van der Waals surface area contributed by atoms with Gasteiger partial charge in [-0.25, -0.2) is 4.79 Å². The molecule has 1 aliphatic rings. The summed E-state index contributed by atoms with van der Waals surface area (Å²) in [5, 5.41) is 8.24. The standard InChI is InChI=1S/C16H18N2O2/c19-16(20-11-13-7-4-10-17-13)18-15-9-3-6-12-5-1-2-8-14(12)15/h1-3,5-6,8-9,13,17H,4,7,10-11H2,(H,18,19). The molecule has 1 unspecified atom stereocenters. The molecule has 2 aromatic rings. The van der Waals surface area contributed by atoms with Crippen LogP contribution in [0.2, 0.25) is 0 Å². The van der Waals surface area contributed by atoms with E-state index in [0.717, 1.165) is 35.8 Å². The first kappa shape index (κ1) is 12.9. The van der Waals surface area contributed by atoms with Crippen molar-refractivity contribution in [2.45, 2.75) is 18.9 Å². The minimum atomic E-state index is -0.393. The summed E-state index contributed by atoms with van der Waals surface area (Å²) in [6, 6.07) is 14.1. The van der Waals surface area contributed by atoms with Crippen molar-refractivity contribution in [1.29, 1.82) is 0 Å². The highest BCUT2D eigenvalue weighted by atomic mass is 16.5. The van der Waals surface area contributed by atoms with Gasteiger partial charge in [-0.05, 0) is 30.8 Å². The van der Waals surface area contributed by atoms with Crippen LogP contribution in [-0.2, 0) is 4.74 Å². The minimum absolute atomic E-state index is 0.299. The van der Waals surface area contributed by atoms with Gasteiger partial charge in [0.2, 0.25) is 0 Å². The van der Waals surface area contributed by atoms with Gasteiger partial charge in [0.1, 0.15) is 6.61 Å². The highest BCUT2D eigenvalue weighted by molar-refractivity contribution is 6.00. The summed E-state index contributed by atoms with van der Waals surface area (Å²) >= 11 is 0. The van der Waals surface area contributed by atoms with E-state index in [0.29, 0.717) is 12.6 Å². The quantitative estimate of drug-likeness (QED) is 0.900. The van der Waals surface area contributed by atoms with E-state index in [4.69, 9.17) is 4.74 Å². The number of rotatable bonds is 3. The number of fused-ring (bicyclic) bond motifs is 1. The van der Waals surface area contributed by atoms with Crippen molar-refractivity contribution in [1.82, 2.24) is 5.32 Å². The molecule has 1 saturated heterocycles. The Bertz CT molecular complexity index is 601. The van der Waals surface area contributed by atoms with Crippen LogP contribution >= 0.6 is 0 Å². The zero-order valence-electron chi connectivity index (χ0n) is 11.3. The lowest BCUT2D eigenvalue weighted by molar-refractivity contribution is 0.151. The smallest absolute Gasteiger partial charge is 0.411 e. The van der Waals surface area contributed by atoms with Gasteiger partial charge in [0.25, 0.3) is 0 Å². The molecule has 3 rings (SSSR count). The SMILES string of the molecule is O=C(Nc1cccc2ccccc12)OCC1CCCN1. The molecule has 0 aliphatic carbocycles. The van der Waals surface area contributed by atoms with Gasteiger partial charge < -0.3 is 10.1 Å². The first-order chi connectivity index (χ1) is 9.83. The van der Waals surface area contributed by atoms with E-state index in [9.17, 15) is 4.79 Å². The molecule has 0 spiro atoms. The van der Waals surface area contributed by atoms with Gasteiger partial charge in [0.15, 0.2) is 0 Å². The molecule has 0 aromatic heterocycles. The zero-order valence-corrected chi connectivity index (χ0v) is 11.3. The van der Waals surface area contributed by atoms with Crippen LogP contribution in [0.3, 0.4) is 0 Å². The van der Waals surface area contributed by atoms with Crippen LogP contribution in [0, 0.1) is 0 Å². The monoisotopic (exact) mass is 270 g/mol. The van der Waals surface area contributed by atoms with E-state index >= 15 is 0 Å². The maximum absolute atomic E-state index is 11.9. The molecule has 0 saturated carbocycles. The Hall–Kier alpha value is -2.07. The molecule has 0 bridgehead atoms. The first-order valence-electron chi connectivity index (χ1n) is 6.98. The first-order valence-corrected chi connectivity index (χ1v) is 6.98. The average molecular weight is 270 g/mol. The highest BCUT2D eigenvalue weighted by Gasteiger charge is 2.16. The number of benzene rings is 2. The number of hydrogen-bond acceptors (Lipinski definition) is 3. The molecule has 4 heteroatoms. The largest absolute Gasteiger partial charge is 0.448 e. The van der Waals surface area contributed by atoms with Crippen LogP contribution < -0.4 is 10.6 Å². The van der Waals surface area contributed by atoms with E-state index in [-0.39, 0.29) is 0 Å². The van der Waals surface area contributed by atoms with E-state index in [2.05, 4.69) is 10.6 Å². The van der Waals surface area contributed by atoms with Crippen LogP contribution in [0.15, 0.2) is 42.5 Å². The predicted molar refractivity (Wildman–Crippen MR) is 79.9 cm³/mol. The fraction of sp³-hybridized carbons (Fsp3) is 0.312. The molecule has 20 heavy (non-hydrogen) atoms. The van der Waals surface area contributed by atoms with Crippen LogP contribution in [0.1, 0.15) is 12.8 Å². The lowest BCUT2D eigenvalue weighted by atomic mass is 10.1. The van der Waals surface area contributed by atoms with Gasteiger partial charge in [-0.2, -0.15) is 0 Å². The number of ether oxygens (including phenoxy) is 1. The lowest BCUT2D eigenvalue weighted by Crippen LogP contribution is -2.29. The van der Waals surface area contributed by atoms with Gasteiger partial charge in [-0.3, -0.25) is 5.32 Å². The Kier molecular flexibility index (Phi) is 3.83. The van der Waals surface area contributed by atoms with Gasteiger partial charge >= 0.3 is 6.09 Å². The maximum Gasteiger partial charge on any atom is 0.411 e. The second-order valence-corrected chi connectivity index (χ2v) is 5.04. The third-order valence-electron chi connectivity index (χ3n) is 3.60. The summed E-state index contributed by atoms with van der Waals surface area (Å²) in [4.78, 5) is 11.9. The van der Waals surface area contributed by atoms with E-state index in [1.807, 2.05) is 42.5 Å². The molecular formula is C16H18N2O2. The molecule has 2 aromatic carbocycles. The van der Waals surface area contributed by atoms with Crippen molar-refractivity contribution >= 4 is 22.6 Å². The molecule has 1 fully saturated rings. The lowest BCUT2D eigenvalue weighted by Gasteiger charge is -2.12. The van der Waals surface area contributed by atoms with Gasteiger partial charge in [-0.15, -0.1) is 0 Å². The summed E-state index contributed by atoms with van der Waals surface area (Å²) in [6.07, 6.45) is 1.83. The topological polar surface area (TPSA) is 50.4 Å². The Morgan fingerprint density at radius 2 is 2.10 bits per heavy atom. The summed E-state index contributed by atoms with van der Waals surface area (Å²) in [6.45, 7) is 1.44. The Morgan fingerprint density at radius 1 is 1.25 bits per heavy atom. The molecular weight excluding hydrogens is 252 g/mol. The number of carbonyl (C=O) groups is 1. The van der Waals surface area contributed by atoms with Gasteiger partial charge in [0, 0.05) is 11.4 Å². The Labute approximate surface area is 118 Å². The van der Waals surface area contributed by atoms with Crippen molar-refractivity contribution in [2.75, 3.05) is 18.5 Å². The summed E-state index contributed by atoms with van der Waals surface area (Å²) in [7, 11) is 0. The van der Waals surface area contributed by atoms with Gasteiger partial charge in [0.05, 0.1) is 5.69 Å². The Balaban J connectivity index is 1.65. The summed E-state index contributed by atoms with van der Waals surface area (Å²) in [5.74, 6) is 0. The second-order valence-electron chi connectivity index (χ2n) is 5.04. The molecule has 0 radical (unpaired) electrons. The third-order valence-corrected chi connectivity index (χ3v) is 3.60. The maximum atomic E-state index is 11.9. The molecule has 4 nitrogen and oxygen atoms in total. The Morgan fingerprint density at radius 3 is 2.95 bits per heavy atom. The average Bonchev–Trinajstić information content (AvgIpc) is 2.99. The normalized spacial score (nSPS) is 18.1. The van der Waals surface area contributed by atoms with Crippen molar-refractivity contribution in [3.63, 3.8) is 0 Å². The fourth-order valence-corrected chi connectivity index (χ4v) is 2.56. The fourth-order valence-electron chi connectivity index (χ4n) is 2.56.